The van der Waals surface area contributed by atoms with Gasteiger partial charge in [-0.25, -0.2) is 0 Å². The van der Waals surface area contributed by atoms with Gasteiger partial charge in [0.2, 0.25) is 0 Å². The normalized spacial score (nSPS) is 19.7. The lowest BCUT2D eigenvalue weighted by atomic mass is 10.0. The van der Waals surface area contributed by atoms with Gasteiger partial charge in [0.05, 0.1) is 11.7 Å². The van der Waals surface area contributed by atoms with Crippen LogP contribution in [-0.4, -0.2) is 11.7 Å². The van der Waals surface area contributed by atoms with Crippen LogP contribution >= 0.6 is 0 Å². The maximum absolute atomic E-state index is 5.67. The first kappa shape index (κ1) is 27.3. The first-order valence-corrected chi connectivity index (χ1v) is 12.2. The minimum atomic E-state index is 0.127. The number of terminal acetylenes is 1. The SMILES string of the molecule is C#C/C=C/CC/C(C)=C/CC/C(C)=C/CC/C=C(\C)CC/C=C(\C)CCC1OC1(C)C. The van der Waals surface area contributed by atoms with Crippen LogP contribution in [0.5, 0.6) is 0 Å². The second-order valence-corrected chi connectivity index (χ2v) is 9.71. The van der Waals surface area contributed by atoms with Crippen molar-refractivity contribution in [3.8, 4) is 12.3 Å². The smallest absolute Gasteiger partial charge is 0.0892 e. The minimum Gasteiger partial charge on any atom is -0.367 e. The van der Waals surface area contributed by atoms with Crippen molar-refractivity contribution in [1.82, 2.24) is 0 Å². The van der Waals surface area contributed by atoms with Crippen molar-refractivity contribution in [2.24, 2.45) is 0 Å². The Morgan fingerprint density at radius 2 is 1.16 bits per heavy atom. The molecule has 1 nitrogen and oxygen atoms in total. The third-order valence-electron chi connectivity index (χ3n) is 6.10. The summed E-state index contributed by atoms with van der Waals surface area (Å²) in [6, 6.07) is 0. The Bertz CT molecular complexity index is 718. The van der Waals surface area contributed by atoms with Crippen molar-refractivity contribution in [1.29, 1.82) is 0 Å². The van der Waals surface area contributed by atoms with E-state index in [4.69, 9.17) is 11.2 Å². The van der Waals surface area contributed by atoms with Crippen LogP contribution in [0.15, 0.2) is 58.7 Å². The van der Waals surface area contributed by atoms with E-state index in [1.165, 1.54) is 35.1 Å². The second kappa shape index (κ2) is 15.1. The van der Waals surface area contributed by atoms with Crippen LogP contribution < -0.4 is 0 Å². The molecule has 1 aliphatic heterocycles. The van der Waals surface area contributed by atoms with Crippen LogP contribution in [0.1, 0.15) is 106 Å². The van der Waals surface area contributed by atoms with E-state index in [9.17, 15) is 0 Å². The predicted molar refractivity (Wildman–Crippen MR) is 138 cm³/mol. The number of hydrogen-bond donors (Lipinski definition) is 0. The molecule has 0 bridgehead atoms. The van der Waals surface area contributed by atoms with Crippen molar-refractivity contribution < 1.29 is 4.74 Å². The maximum atomic E-state index is 5.67. The Morgan fingerprint density at radius 1 is 0.742 bits per heavy atom. The van der Waals surface area contributed by atoms with Crippen LogP contribution in [0, 0.1) is 12.3 Å². The zero-order valence-corrected chi connectivity index (χ0v) is 21.1. The molecule has 1 atom stereocenters. The molecular weight excluding hydrogens is 376 g/mol. The Morgan fingerprint density at radius 3 is 1.61 bits per heavy atom. The summed E-state index contributed by atoms with van der Waals surface area (Å²) in [5.41, 5.74) is 6.11. The monoisotopic (exact) mass is 422 g/mol. The summed E-state index contributed by atoms with van der Waals surface area (Å²) in [6.45, 7) is 13.4. The molecule has 0 aliphatic carbocycles. The molecule has 0 saturated carbocycles. The van der Waals surface area contributed by atoms with Crippen LogP contribution in [0.4, 0.5) is 0 Å². The van der Waals surface area contributed by atoms with Gasteiger partial charge in [-0.1, -0.05) is 58.6 Å². The van der Waals surface area contributed by atoms with Crippen LogP contribution in [0.2, 0.25) is 0 Å². The van der Waals surface area contributed by atoms with E-state index < -0.39 is 0 Å². The zero-order valence-electron chi connectivity index (χ0n) is 21.1. The summed E-state index contributed by atoms with van der Waals surface area (Å²) in [7, 11) is 0. The van der Waals surface area contributed by atoms with E-state index in [1.54, 1.807) is 6.08 Å². The van der Waals surface area contributed by atoms with Gasteiger partial charge in [-0.2, -0.15) is 0 Å². The molecule has 0 aromatic heterocycles. The first-order chi connectivity index (χ1) is 14.7. The highest BCUT2D eigenvalue weighted by Gasteiger charge is 2.46. The second-order valence-electron chi connectivity index (χ2n) is 9.71. The van der Waals surface area contributed by atoms with Crippen molar-refractivity contribution in [3.05, 3.63) is 58.7 Å². The molecule has 1 rings (SSSR count). The van der Waals surface area contributed by atoms with Gasteiger partial charge in [-0.3, -0.25) is 0 Å². The Hall–Kier alpha value is -1.78. The summed E-state index contributed by atoms with van der Waals surface area (Å²) < 4.78 is 5.67. The quantitative estimate of drug-likeness (QED) is 0.111. The minimum absolute atomic E-state index is 0.127. The molecule has 1 heteroatoms. The average Bonchev–Trinajstić information content (AvgIpc) is 3.33. The lowest BCUT2D eigenvalue weighted by molar-refractivity contribution is 0.320. The van der Waals surface area contributed by atoms with Crippen LogP contribution in [0.25, 0.3) is 0 Å². The van der Waals surface area contributed by atoms with E-state index >= 15 is 0 Å². The lowest BCUT2D eigenvalue weighted by Crippen LogP contribution is -2.02. The number of allylic oxidation sites excluding steroid dienone is 10. The average molecular weight is 423 g/mol. The van der Waals surface area contributed by atoms with Gasteiger partial charge < -0.3 is 4.74 Å². The molecule has 0 amide bonds. The summed E-state index contributed by atoms with van der Waals surface area (Å²) in [5, 5.41) is 0. The summed E-state index contributed by atoms with van der Waals surface area (Å²) in [5.74, 6) is 2.54. The zero-order chi connectivity index (χ0) is 23.1. The van der Waals surface area contributed by atoms with E-state index in [0.29, 0.717) is 6.10 Å². The van der Waals surface area contributed by atoms with Gasteiger partial charge in [0.15, 0.2) is 0 Å². The van der Waals surface area contributed by atoms with Gasteiger partial charge in [-0.15, -0.1) is 6.42 Å². The lowest BCUT2D eigenvalue weighted by Gasteiger charge is -2.03. The van der Waals surface area contributed by atoms with Crippen molar-refractivity contribution in [2.75, 3.05) is 0 Å². The Labute approximate surface area is 193 Å². The Balaban J connectivity index is 2.15. The first-order valence-electron chi connectivity index (χ1n) is 12.2. The van der Waals surface area contributed by atoms with Gasteiger partial charge in [0.25, 0.3) is 0 Å². The fourth-order valence-corrected chi connectivity index (χ4v) is 3.72. The predicted octanol–water partition coefficient (Wildman–Crippen LogP) is 9.04. The maximum Gasteiger partial charge on any atom is 0.0892 e. The highest BCUT2D eigenvalue weighted by atomic mass is 16.6. The van der Waals surface area contributed by atoms with Crippen LogP contribution in [0.3, 0.4) is 0 Å². The summed E-state index contributed by atoms with van der Waals surface area (Å²) >= 11 is 0. The summed E-state index contributed by atoms with van der Waals surface area (Å²) in [6.07, 6.45) is 30.6. The van der Waals surface area contributed by atoms with Crippen molar-refractivity contribution in [2.45, 2.75) is 117 Å². The van der Waals surface area contributed by atoms with Gasteiger partial charge >= 0.3 is 0 Å². The standard InChI is InChI=1S/C30H46O/c1-8-9-10-11-16-25(2)19-14-20-26(3)17-12-13-18-27(4)21-15-22-28(5)23-24-29-30(6,7)31-29/h1,9-10,17-19,22,29H,11-16,20-21,23-24H2,2-7H3/b10-9+,25-19+,26-17+,27-18+,28-22+. The van der Waals surface area contributed by atoms with Gasteiger partial charge in [0.1, 0.15) is 0 Å². The molecule has 1 aliphatic rings. The third kappa shape index (κ3) is 14.0. The molecule has 0 aromatic rings. The fourth-order valence-electron chi connectivity index (χ4n) is 3.72. The molecule has 31 heavy (non-hydrogen) atoms. The molecule has 1 unspecified atom stereocenters. The fraction of sp³-hybridized carbons (Fsp3) is 0.600. The highest BCUT2D eigenvalue weighted by Crippen LogP contribution is 2.38. The molecule has 1 fully saturated rings. The largest absolute Gasteiger partial charge is 0.367 e. The molecule has 0 spiro atoms. The van der Waals surface area contributed by atoms with Gasteiger partial charge in [-0.05, 0) is 112 Å². The number of epoxide rings is 1. The van der Waals surface area contributed by atoms with Crippen LogP contribution in [-0.2, 0) is 4.74 Å². The summed E-state index contributed by atoms with van der Waals surface area (Å²) in [4.78, 5) is 0. The van der Waals surface area contributed by atoms with E-state index in [2.05, 4.69) is 77.8 Å². The number of rotatable bonds is 15. The molecule has 0 N–H and O–H groups in total. The van der Waals surface area contributed by atoms with Crippen molar-refractivity contribution in [3.63, 3.8) is 0 Å². The Kier molecular flexibility index (Phi) is 13.3. The number of ether oxygens (including phenoxy) is 1. The number of unbranched alkanes of at least 4 members (excludes halogenated alkanes) is 1. The molecular formula is C30H46O. The molecule has 0 radical (unpaired) electrons. The number of hydrogen-bond acceptors (Lipinski definition) is 1. The molecule has 172 valence electrons. The molecule has 1 saturated heterocycles. The molecule has 0 aromatic carbocycles. The third-order valence-corrected chi connectivity index (χ3v) is 6.10. The van der Waals surface area contributed by atoms with E-state index in [-0.39, 0.29) is 5.60 Å². The molecule has 1 heterocycles. The highest BCUT2D eigenvalue weighted by molar-refractivity contribution is 5.10. The van der Waals surface area contributed by atoms with E-state index in [0.717, 1.165) is 51.4 Å². The van der Waals surface area contributed by atoms with Crippen molar-refractivity contribution >= 4 is 0 Å². The van der Waals surface area contributed by atoms with Gasteiger partial charge in [0, 0.05) is 0 Å². The topological polar surface area (TPSA) is 12.5 Å². The van der Waals surface area contributed by atoms with E-state index in [1.807, 2.05) is 0 Å².